The van der Waals surface area contributed by atoms with E-state index < -0.39 is 17.2 Å². The number of aryl methyl sites for hydroxylation is 1. The second-order valence-electron chi connectivity index (χ2n) is 3.61. The lowest BCUT2D eigenvalue weighted by Gasteiger charge is -2.00. The summed E-state index contributed by atoms with van der Waals surface area (Å²) in [5, 5.41) is 9.73. The maximum absolute atomic E-state index is 13.4. The number of aromatic amines is 1. The highest BCUT2D eigenvalue weighted by Gasteiger charge is 2.06. The summed E-state index contributed by atoms with van der Waals surface area (Å²) in [5.74, 6) is -1.56. The largest absolute Gasteiger partial charge is 0.296 e. The topological polar surface area (TPSA) is 63.0 Å². The SMILES string of the molecule is Cc1n[nH]c(=S)n(/N=C\c2c(F)cccc2F)c1=O. The van der Waals surface area contributed by atoms with Crippen molar-refractivity contribution in [2.45, 2.75) is 6.92 Å². The van der Waals surface area contributed by atoms with Crippen molar-refractivity contribution < 1.29 is 8.78 Å². The van der Waals surface area contributed by atoms with Gasteiger partial charge >= 0.3 is 0 Å². The minimum Gasteiger partial charge on any atom is -0.265 e. The minimum absolute atomic E-state index is 0.0661. The molecule has 1 aromatic carbocycles. The number of rotatable bonds is 2. The van der Waals surface area contributed by atoms with Crippen LogP contribution in [0.1, 0.15) is 11.3 Å². The van der Waals surface area contributed by atoms with Crippen LogP contribution in [0.15, 0.2) is 28.1 Å². The van der Waals surface area contributed by atoms with E-state index in [4.69, 9.17) is 12.2 Å². The predicted octanol–water partition coefficient (Wildman–Crippen LogP) is 1.77. The number of benzene rings is 1. The number of halogens is 2. The third-order valence-electron chi connectivity index (χ3n) is 2.32. The number of H-pyrrole nitrogens is 1. The van der Waals surface area contributed by atoms with Crippen LogP contribution in [0.3, 0.4) is 0 Å². The molecule has 0 radical (unpaired) electrons. The molecule has 0 saturated heterocycles. The highest BCUT2D eigenvalue weighted by atomic mass is 32.1. The molecule has 0 unspecified atom stereocenters. The van der Waals surface area contributed by atoms with Crippen LogP contribution in [0.2, 0.25) is 0 Å². The molecule has 0 aliphatic rings. The first-order valence-electron chi connectivity index (χ1n) is 5.17. The van der Waals surface area contributed by atoms with Gasteiger partial charge < -0.3 is 0 Å². The van der Waals surface area contributed by atoms with Crippen molar-refractivity contribution in [1.82, 2.24) is 14.9 Å². The Morgan fingerprint density at radius 2 is 2.05 bits per heavy atom. The molecule has 0 bridgehead atoms. The van der Waals surface area contributed by atoms with E-state index in [1.165, 1.54) is 13.0 Å². The number of aromatic nitrogens is 3. The zero-order chi connectivity index (χ0) is 14.0. The van der Waals surface area contributed by atoms with Crippen LogP contribution in [0.5, 0.6) is 0 Å². The van der Waals surface area contributed by atoms with Crippen molar-refractivity contribution in [3.8, 4) is 0 Å². The van der Waals surface area contributed by atoms with E-state index >= 15 is 0 Å². The molecule has 1 N–H and O–H groups in total. The smallest absolute Gasteiger partial charge is 0.265 e. The first-order chi connectivity index (χ1) is 9.00. The number of nitrogens with zero attached hydrogens (tertiary/aromatic N) is 3. The highest BCUT2D eigenvalue weighted by molar-refractivity contribution is 7.71. The highest BCUT2D eigenvalue weighted by Crippen LogP contribution is 2.09. The summed E-state index contributed by atoms with van der Waals surface area (Å²) in [6, 6.07) is 3.41. The Morgan fingerprint density at radius 3 is 2.68 bits per heavy atom. The van der Waals surface area contributed by atoms with Crippen molar-refractivity contribution in [3.05, 3.63) is 56.2 Å². The zero-order valence-electron chi connectivity index (χ0n) is 9.72. The Hall–Kier alpha value is -2.22. The lowest BCUT2D eigenvalue weighted by atomic mass is 10.2. The molecule has 8 heteroatoms. The Bertz CT molecular complexity index is 746. The normalized spacial score (nSPS) is 11.1. The van der Waals surface area contributed by atoms with Gasteiger partial charge in [0.25, 0.3) is 5.56 Å². The maximum Gasteiger partial charge on any atom is 0.296 e. The Morgan fingerprint density at radius 1 is 1.42 bits per heavy atom. The molecule has 1 aromatic heterocycles. The first-order valence-corrected chi connectivity index (χ1v) is 5.58. The van der Waals surface area contributed by atoms with Gasteiger partial charge in [-0.05, 0) is 31.3 Å². The summed E-state index contributed by atoms with van der Waals surface area (Å²) in [6.45, 7) is 1.46. The molecule has 0 fully saturated rings. The van der Waals surface area contributed by atoms with E-state index in [9.17, 15) is 13.6 Å². The molecule has 1 heterocycles. The van der Waals surface area contributed by atoms with Crippen molar-refractivity contribution in [2.24, 2.45) is 5.10 Å². The maximum atomic E-state index is 13.4. The van der Waals surface area contributed by atoms with Crippen molar-refractivity contribution >= 4 is 18.4 Å². The average Bonchev–Trinajstić information content (AvgIpc) is 2.37. The lowest BCUT2D eigenvalue weighted by molar-refractivity contribution is 0.579. The number of hydrogen-bond donors (Lipinski definition) is 1. The molecular weight excluding hydrogens is 274 g/mol. The van der Waals surface area contributed by atoms with Crippen LogP contribution in [-0.2, 0) is 0 Å². The predicted molar refractivity (Wildman–Crippen MR) is 67.8 cm³/mol. The Labute approximate surface area is 111 Å². The van der Waals surface area contributed by atoms with Crippen LogP contribution >= 0.6 is 12.2 Å². The van der Waals surface area contributed by atoms with E-state index in [1.54, 1.807) is 0 Å². The standard InChI is InChI=1S/C11H8F2N4OS/c1-6-10(18)17(11(19)16-15-6)14-5-7-8(12)3-2-4-9(7)13/h2-5H,1H3,(H,16,19)/b14-5-. The summed E-state index contributed by atoms with van der Waals surface area (Å²) in [5.41, 5.74) is -0.769. The quantitative estimate of drug-likeness (QED) is 0.674. The summed E-state index contributed by atoms with van der Waals surface area (Å²) < 4.78 is 27.5. The fourth-order valence-electron chi connectivity index (χ4n) is 1.33. The summed E-state index contributed by atoms with van der Waals surface area (Å²) in [4.78, 5) is 11.7. The molecule has 0 spiro atoms. The summed E-state index contributed by atoms with van der Waals surface area (Å²) in [6.07, 6.45) is 0.898. The average molecular weight is 282 g/mol. The Kier molecular flexibility index (Phi) is 3.61. The molecule has 0 atom stereocenters. The van der Waals surface area contributed by atoms with Crippen LogP contribution in [0, 0.1) is 23.3 Å². The van der Waals surface area contributed by atoms with E-state index in [0.29, 0.717) is 0 Å². The number of nitrogens with one attached hydrogen (secondary N) is 1. The Balaban J connectivity index is 2.53. The van der Waals surface area contributed by atoms with E-state index in [0.717, 1.165) is 23.0 Å². The molecule has 0 amide bonds. The second-order valence-corrected chi connectivity index (χ2v) is 4.00. The van der Waals surface area contributed by atoms with Gasteiger partial charge in [-0.1, -0.05) is 6.07 Å². The van der Waals surface area contributed by atoms with Gasteiger partial charge in [0.1, 0.15) is 17.3 Å². The molecule has 0 aliphatic heterocycles. The third-order valence-corrected chi connectivity index (χ3v) is 2.58. The van der Waals surface area contributed by atoms with Crippen LogP contribution < -0.4 is 5.56 Å². The van der Waals surface area contributed by atoms with Crippen LogP contribution in [0.25, 0.3) is 0 Å². The fourth-order valence-corrected chi connectivity index (χ4v) is 1.50. The minimum atomic E-state index is -0.780. The molecule has 98 valence electrons. The van der Waals surface area contributed by atoms with Crippen LogP contribution in [-0.4, -0.2) is 21.1 Å². The molecule has 2 rings (SSSR count). The van der Waals surface area contributed by atoms with Gasteiger partial charge in [-0.25, -0.2) is 8.78 Å². The van der Waals surface area contributed by atoms with Gasteiger partial charge in [-0.15, -0.1) is 0 Å². The van der Waals surface area contributed by atoms with Gasteiger partial charge in [0.05, 0.1) is 11.8 Å². The van der Waals surface area contributed by atoms with E-state index in [2.05, 4.69) is 15.3 Å². The fraction of sp³-hybridized carbons (Fsp3) is 0.0909. The van der Waals surface area contributed by atoms with Crippen molar-refractivity contribution in [2.75, 3.05) is 0 Å². The summed E-state index contributed by atoms with van der Waals surface area (Å²) >= 11 is 4.82. The van der Waals surface area contributed by atoms with Gasteiger partial charge in [0.15, 0.2) is 0 Å². The lowest BCUT2D eigenvalue weighted by Crippen LogP contribution is -2.22. The third kappa shape index (κ3) is 2.63. The van der Waals surface area contributed by atoms with Gasteiger partial charge in [0, 0.05) is 0 Å². The first kappa shape index (κ1) is 13.2. The van der Waals surface area contributed by atoms with Crippen LogP contribution in [0.4, 0.5) is 8.78 Å². The van der Waals surface area contributed by atoms with Gasteiger partial charge in [0.2, 0.25) is 4.77 Å². The second kappa shape index (κ2) is 5.19. The van der Waals surface area contributed by atoms with Crippen molar-refractivity contribution in [3.63, 3.8) is 0 Å². The van der Waals surface area contributed by atoms with E-state index in [-0.39, 0.29) is 16.0 Å². The molecular formula is C11H8F2N4OS. The zero-order valence-corrected chi connectivity index (χ0v) is 10.5. The molecule has 0 saturated carbocycles. The number of hydrogen-bond acceptors (Lipinski definition) is 4. The molecule has 2 aromatic rings. The molecule has 5 nitrogen and oxygen atoms in total. The molecule has 0 aliphatic carbocycles. The summed E-state index contributed by atoms with van der Waals surface area (Å²) in [7, 11) is 0. The van der Waals surface area contributed by atoms with Crippen molar-refractivity contribution in [1.29, 1.82) is 0 Å². The van der Waals surface area contributed by atoms with Gasteiger partial charge in [-0.3, -0.25) is 9.89 Å². The monoisotopic (exact) mass is 282 g/mol. The van der Waals surface area contributed by atoms with Gasteiger partial charge in [-0.2, -0.15) is 14.9 Å². The molecule has 19 heavy (non-hydrogen) atoms. The van der Waals surface area contributed by atoms with E-state index in [1.807, 2.05) is 0 Å².